The number of nitrogens with zero attached hydrogens (tertiary/aromatic N) is 6. The number of anilines is 2. The highest BCUT2D eigenvalue weighted by Crippen LogP contribution is 2.39. The Hall–Kier alpha value is -3.92. The van der Waals surface area contributed by atoms with Gasteiger partial charge in [-0.3, -0.25) is 15.1 Å². The van der Waals surface area contributed by atoms with Gasteiger partial charge < -0.3 is 19.5 Å². The lowest BCUT2D eigenvalue weighted by Gasteiger charge is -2.49. The van der Waals surface area contributed by atoms with E-state index in [1.807, 2.05) is 26.1 Å². The molecule has 4 aromatic rings. The van der Waals surface area contributed by atoms with Crippen LogP contribution in [-0.4, -0.2) is 63.0 Å². The molecule has 1 aromatic carbocycles. The van der Waals surface area contributed by atoms with Crippen LogP contribution in [-0.2, 0) is 13.6 Å². The number of nitrogens with one attached hydrogen (secondary N) is 2. The maximum absolute atomic E-state index is 13.7. The van der Waals surface area contributed by atoms with Crippen molar-refractivity contribution in [2.75, 3.05) is 43.0 Å². The Bertz CT molecular complexity index is 1680. The molecule has 10 nitrogen and oxygen atoms in total. The average molecular weight is 567 g/mol. The van der Waals surface area contributed by atoms with Gasteiger partial charge in [-0.15, -0.1) is 0 Å². The van der Waals surface area contributed by atoms with Gasteiger partial charge in [-0.25, -0.2) is 9.67 Å². The second-order valence-corrected chi connectivity index (χ2v) is 13.0. The zero-order valence-electron chi connectivity index (χ0n) is 24.4. The standard InChI is InChI=1S/C32H38N8O2/c1-20-11-23-13-27(35-20)25-15-34-38(2)30(25)42-17-22-4-3-21(12-22)16-40-28-14-24(5-6-26(28)36-31(40)37-29(23)41)39-9-7-32(8-10-39)18-33-19-32/h5-6,11,13-15,21-22,33H,3-4,7-10,12,16-19H2,1-2H3,(H,36,37,41)/t21-,22+/m1/s1. The van der Waals surface area contributed by atoms with Crippen molar-refractivity contribution >= 4 is 28.6 Å². The third-order valence-corrected chi connectivity index (χ3v) is 10.1. The van der Waals surface area contributed by atoms with Crippen molar-refractivity contribution in [3.8, 4) is 17.1 Å². The molecule has 6 heterocycles. The van der Waals surface area contributed by atoms with Gasteiger partial charge in [-0.05, 0) is 86.6 Å². The van der Waals surface area contributed by atoms with Gasteiger partial charge in [-0.1, -0.05) is 0 Å². The lowest BCUT2D eigenvalue weighted by atomic mass is 9.73. The monoisotopic (exact) mass is 566 g/mol. The highest BCUT2D eigenvalue weighted by atomic mass is 16.5. The lowest BCUT2D eigenvalue weighted by Crippen LogP contribution is -2.58. The molecule has 2 saturated heterocycles. The van der Waals surface area contributed by atoms with Gasteiger partial charge >= 0.3 is 0 Å². The maximum Gasteiger partial charge on any atom is 0.258 e. The van der Waals surface area contributed by atoms with Crippen LogP contribution in [0.2, 0.25) is 0 Å². The van der Waals surface area contributed by atoms with Crippen molar-refractivity contribution in [1.29, 1.82) is 0 Å². The van der Waals surface area contributed by atoms with Crippen molar-refractivity contribution in [3.05, 3.63) is 47.8 Å². The van der Waals surface area contributed by atoms with E-state index < -0.39 is 0 Å². The van der Waals surface area contributed by atoms with Crippen LogP contribution in [0.1, 0.15) is 48.2 Å². The van der Waals surface area contributed by atoms with Crippen LogP contribution in [0.25, 0.3) is 22.3 Å². The zero-order chi connectivity index (χ0) is 28.4. The summed E-state index contributed by atoms with van der Waals surface area (Å²) in [5, 5.41) is 11.1. The fourth-order valence-corrected chi connectivity index (χ4v) is 7.49. The number of ether oxygens (including phenoxy) is 1. The van der Waals surface area contributed by atoms with E-state index >= 15 is 0 Å². The van der Waals surface area contributed by atoms with Crippen molar-refractivity contribution in [3.63, 3.8) is 0 Å². The van der Waals surface area contributed by atoms with Crippen LogP contribution in [0.4, 0.5) is 11.6 Å². The molecule has 0 radical (unpaired) electrons. The van der Waals surface area contributed by atoms with Gasteiger partial charge in [0.25, 0.3) is 5.91 Å². The van der Waals surface area contributed by atoms with E-state index in [0.29, 0.717) is 46.9 Å². The number of piperidine rings is 1. The topological polar surface area (TPSA) is 102 Å². The van der Waals surface area contributed by atoms with Crippen LogP contribution in [0.15, 0.2) is 36.5 Å². The molecule has 42 heavy (non-hydrogen) atoms. The molecule has 2 N–H and O–H groups in total. The third kappa shape index (κ3) is 4.43. The molecule has 2 atom stereocenters. The maximum atomic E-state index is 13.7. The van der Waals surface area contributed by atoms with Gasteiger partial charge in [0, 0.05) is 56.7 Å². The summed E-state index contributed by atoms with van der Waals surface area (Å²) in [5.41, 5.74) is 6.53. The smallest absolute Gasteiger partial charge is 0.258 e. The minimum atomic E-state index is -0.195. The number of hydrogen-bond donors (Lipinski definition) is 2. The first-order valence-corrected chi connectivity index (χ1v) is 15.3. The fourth-order valence-electron chi connectivity index (χ4n) is 7.49. The molecule has 1 amide bonds. The van der Waals surface area contributed by atoms with Crippen LogP contribution >= 0.6 is 0 Å². The summed E-state index contributed by atoms with van der Waals surface area (Å²) in [4.78, 5) is 26.0. The zero-order valence-corrected chi connectivity index (χ0v) is 24.4. The minimum Gasteiger partial charge on any atom is -0.477 e. The summed E-state index contributed by atoms with van der Waals surface area (Å²) in [6, 6.07) is 10.2. The van der Waals surface area contributed by atoms with Crippen LogP contribution in [0, 0.1) is 24.2 Å². The lowest BCUT2D eigenvalue weighted by molar-refractivity contribution is 0.102. The molecule has 218 valence electrons. The second-order valence-electron chi connectivity index (χ2n) is 13.0. The number of carbonyl (C=O) groups is 1. The van der Waals surface area contributed by atoms with Crippen LogP contribution in [0.3, 0.4) is 0 Å². The molecular formula is C32H38N8O2. The molecule has 3 aromatic heterocycles. The molecule has 4 bridgehead atoms. The number of amides is 1. The van der Waals surface area contributed by atoms with E-state index in [1.54, 1.807) is 10.9 Å². The number of imidazole rings is 1. The molecule has 1 saturated carbocycles. The van der Waals surface area contributed by atoms with Crippen molar-refractivity contribution in [2.24, 2.45) is 24.3 Å². The van der Waals surface area contributed by atoms with E-state index in [1.165, 1.54) is 18.5 Å². The van der Waals surface area contributed by atoms with E-state index in [-0.39, 0.29) is 5.91 Å². The predicted octanol–water partition coefficient (Wildman–Crippen LogP) is 4.39. The number of fused-ring (bicyclic) bond motifs is 9. The van der Waals surface area contributed by atoms with Crippen LogP contribution in [0.5, 0.6) is 5.88 Å². The molecule has 1 aliphatic carbocycles. The number of benzene rings is 1. The summed E-state index contributed by atoms with van der Waals surface area (Å²) in [6.45, 7) is 7.85. The van der Waals surface area contributed by atoms with Gasteiger partial charge in [0.15, 0.2) is 0 Å². The quantitative estimate of drug-likeness (QED) is 0.352. The van der Waals surface area contributed by atoms with E-state index in [9.17, 15) is 4.79 Å². The Kier molecular flexibility index (Phi) is 6.03. The first kappa shape index (κ1) is 25.8. The SMILES string of the molecule is Cc1cc2cc(n1)-c1cnn(C)c1OC[C@H]1CC[C@H](C1)Cn1c(nc3ccc(N4CCC5(CC4)CNC5)cc31)NC2=O. The number of rotatable bonds is 1. The van der Waals surface area contributed by atoms with Crippen molar-refractivity contribution in [2.45, 2.75) is 45.6 Å². The normalized spacial score (nSPS) is 23.4. The molecule has 1 spiro atoms. The van der Waals surface area contributed by atoms with E-state index in [2.05, 4.69) is 43.4 Å². The van der Waals surface area contributed by atoms with Crippen molar-refractivity contribution in [1.82, 2.24) is 29.6 Å². The van der Waals surface area contributed by atoms with Gasteiger partial charge in [0.2, 0.25) is 11.8 Å². The minimum absolute atomic E-state index is 0.195. The van der Waals surface area contributed by atoms with Crippen LogP contribution < -0.4 is 20.3 Å². The fraction of sp³-hybridized carbons (Fsp3) is 0.500. The Morgan fingerprint density at radius 1 is 1.05 bits per heavy atom. The highest BCUT2D eigenvalue weighted by molar-refractivity contribution is 6.05. The third-order valence-electron chi connectivity index (χ3n) is 10.1. The summed E-state index contributed by atoms with van der Waals surface area (Å²) in [5.74, 6) is 2.06. The Balaban J connectivity index is 1.17. The van der Waals surface area contributed by atoms with E-state index in [4.69, 9.17) is 14.7 Å². The summed E-state index contributed by atoms with van der Waals surface area (Å²) < 4.78 is 10.4. The summed E-state index contributed by atoms with van der Waals surface area (Å²) in [7, 11) is 1.89. The van der Waals surface area contributed by atoms with Gasteiger partial charge in [-0.2, -0.15) is 5.10 Å². The number of pyridine rings is 1. The molecule has 10 heteroatoms. The second kappa shape index (κ2) is 9.83. The number of carbonyl (C=O) groups excluding carboxylic acids is 1. The Morgan fingerprint density at radius 2 is 1.88 bits per heavy atom. The molecular weight excluding hydrogens is 528 g/mol. The molecule has 4 aliphatic rings. The highest BCUT2D eigenvalue weighted by Gasteiger charge is 2.39. The predicted molar refractivity (Wildman–Crippen MR) is 162 cm³/mol. The van der Waals surface area contributed by atoms with Gasteiger partial charge in [0.1, 0.15) is 0 Å². The number of aryl methyl sites for hydroxylation is 2. The van der Waals surface area contributed by atoms with E-state index in [0.717, 1.165) is 74.3 Å². The largest absolute Gasteiger partial charge is 0.477 e. The molecule has 8 rings (SSSR count). The summed E-state index contributed by atoms with van der Waals surface area (Å²) >= 11 is 0. The Labute approximate surface area is 245 Å². The summed E-state index contributed by atoms with van der Waals surface area (Å²) in [6.07, 6.45) is 7.56. The van der Waals surface area contributed by atoms with Crippen molar-refractivity contribution < 1.29 is 9.53 Å². The number of hydrogen-bond acceptors (Lipinski definition) is 7. The molecule has 0 unspecified atom stereocenters. The molecule has 3 fully saturated rings. The average Bonchev–Trinajstić information content (AvgIpc) is 3.67. The van der Waals surface area contributed by atoms with Gasteiger partial charge in [0.05, 0.1) is 35.1 Å². The first-order chi connectivity index (χ1) is 20.4. The number of aromatic nitrogens is 5. The molecule has 3 aliphatic heterocycles. The Morgan fingerprint density at radius 3 is 2.69 bits per heavy atom. The first-order valence-electron chi connectivity index (χ1n) is 15.3.